The third kappa shape index (κ3) is 2.65. The number of rotatable bonds is 3. The summed E-state index contributed by atoms with van der Waals surface area (Å²) in [5.74, 6) is 1.27. The van der Waals surface area contributed by atoms with Crippen LogP contribution in [0.1, 0.15) is 37.7 Å². The van der Waals surface area contributed by atoms with Crippen LogP contribution in [0.4, 0.5) is 0 Å². The first kappa shape index (κ1) is 11.2. The maximum Gasteiger partial charge on any atom is 0.0989 e. The molecule has 88 valence electrons. The lowest BCUT2D eigenvalue weighted by molar-refractivity contribution is 0.381. The Kier molecular flexibility index (Phi) is 3.65. The van der Waals surface area contributed by atoms with E-state index < -0.39 is 0 Å². The Balaban J connectivity index is 1.88. The summed E-state index contributed by atoms with van der Waals surface area (Å²) < 4.78 is 5.04. The molecule has 0 aromatic carbocycles. The molecule has 1 aliphatic carbocycles. The highest BCUT2D eigenvalue weighted by Crippen LogP contribution is 2.25. The van der Waals surface area contributed by atoms with Gasteiger partial charge in [0.1, 0.15) is 0 Å². The first-order valence-corrected chi connectivity index (χ1v) is 6.08. The largest absolute Gasteiger partial charge is 0.472 e. The van der Waals surface area contributed by atoms with Crippen LogP contribution in [0.25, 0.3) is 0 Å². The van der Waals surface area contributed by atoms with Gasteiger partial charge in [-0.25, -0.2) is 0 Å². The van der Waals surface area contributed by atoms with Gasteiger partial charge in [0.2, 0.25) is 0 Å². The lowest BCUT2D eigenvalue weighted by Crippen LogP contribution is -2.32. The van der Waals surface area contributed by atoms with Gasteiger partial charge in [0.15, 0.2) is 0 Å². The van der Waals surface area contributed by atoms with E-state index in [0.29, 0.717) is 5.92 Å². The summed E-state index contributed by atoms with van der Waals surface area (Å²) in [6.45, 7) is 0.784. The van der Waals surface area contributed by atoms with Crippen LogP contribution >= 0.6 is 0 Å². The van der Waals surface area contributed by atoms with E-state index in [1.54, 1.807) is 12.5 Å². The number of amidine groups is 1. The average Bonchev–Trinajstić information content (AvgIpc) is 2.82. The Hall–Kier alpha value is -1.25. The Morgan fingerprint density at radius 1 is 1.44 bits per heavy atom. The third-order valence-electron chi connectivity index (χ3n) is 3.40. The van der Waals surface area contributed by atoms with E-state index in [0.717, 1.165) is 17.9 Å². The summed E-state index contributed by atoms with van der Waals surface area (Å²) in [4.78, 5) is 2.04. The smallest absolute Gasteiger partial charge is 0.0989 e. The van der Waals surface area contributed by atoms with E-state index in [1.807, 2.05) is 18.0 Å². The maximum absolute atomic E-state index is 8.19. The normalized spacial score (nSPS) is 17.3. The lowest BCUT2D eigenvalue weighted by atomic mass is 9.88. The number of hydrogen-bond donors (Lipinski definition) is 1. The molecule has 1 fully saturated rings. The average molecular weight is 220 g/mol. The summed E-state index contributed by atoms with van der Waals surface area (Å²) in [5.41, 5.74) is 1.14. The number of nitrogens with zero attached hydrogens (tertiary/aromatic N) is 1. The molecule has 1 saturated carbocycles. The predicted molar refractivity (Wildman–Crippen MR) is 64.5 cm³/mol. The minimum atomic E-state index is 0.477. The van der Waals surface area contributed by atoms with Crippen LogP contribution in [0.15, 0.2) is 23.0 Å². The molecule has 0 amide bonds. The molecular weight excluding hydrogens is 200 g/mol. The topological polar surface area (TPSA) is 40.2 Å². The van der Waals surface area contributed by atoms with E-state index in [1.165, 1.54) is 32.1 Å². The highest BCUT2D eigenvalue weighted by molar-refractivity contribution is 5.81. The van der Waals surface area contributed by atoms with Crippen LogP contribution in [0.3, 0.4) is 0 Å². The molecule has 0 spiro atoms. The van der Waals surface area contributed by atoms with E-state index in [4.69, 9.17) is 9.83 Å². The fourth-order valence-corrected chi connectivity index (χ4v) is 2.43. The summed E-state index contributed by atoms with van der Waals surface area (Å²) in [5, 5.41) is 8.19. The van der Waals surface area contributed by atoms with Crippen molar-refractivity contribution in [3.8, 4) is 0 Å². The zero-order valence-corrected chi connectivity index (χ0v) is 9.91. The number of hydrogen-bond acceptors (Lipinski definition) is 2. The number of nitrogens with one attached hydrogen (secondary N) is 1. The van der Waals surface area contributed by atoms with Gasteiger partial charge in [0.05, 0.1) is 18.4 Å². The van der Waals surface area contributed by atoms with Gasteiger partial charge in [-0.15, -0.1) is 0 Å². The molecule has 1 aromatic heterocycles. The summed E-state index contributed by atoms with van der Waals surface area (Å²) in [6.07, 6.45) is 9.73. The number of furan rings is 1. The van der Waals surface area contributed by atoms with Crippen LogP contribution in [0.2, 0.25) is 0 Å². The summed E-state index contributed by atoms with van der Waals surface area (Å²) in [6, 6.07) is 1.96. The van der Waals surface area contributed by atoms with Gasteiger partial charge >= 0.3 is 0 Å². The van der Waals surface area contributed by atoms with Crippen molar-refractivity contribution in [2.75, 3.05) is 7.05 Å². The molecular formula is C13H20N2O. The highest BCUT2D eigenvalue weighted by Gasteiger charge is 2.20. The van der Waals surface area contributed by atoms with Gasteiger partial charge in [-0.3, -0.25) is 5.41 Å². The maximum atomic E-state index is 8.19. The molecule has 1 aliphatic rings. The third-order valence-corrected chi connectivity index (χ3v) is 3.40. The predicted octanol–water partition coefficient (Wildman–Crippen LogP) is 3.27. The molecule has 3 nitrogen and oxygen atoms in total. The highest BCUT2D eigenvalue weighted by atomic mass is 16.3. The SMILES string of the molecule is CN(Cc1ccoc1)C(=N)C1CCCCC1. The van der Waals surface area contributed by atoms with Crippen molar-refractivity contribution in [1.29, 1.82) is 5.41 Å². The van der Waals surface area contributed by atoms with E-state index in [-0.39, 0.29) is 0 Å². The van der Waals surface area contributed by atoms with Gasteiger partial charge < -0.3 is 9.32 Å². The van der Waals surface area contributed by atoms with Crippen molar-refractivity contribution in [1.82, 2.24) is 4.90 Å². The molecule has 2 rings (SSSR count). The second-order valence-electron chi connectivity index (χ2n) is 4.71. The van der Waals surface area contributed by atoms with Gasteiger partial charge in [-0.1, -0.05) is 19.3 Å². The van der Waals surface area contributed by atoms with Crippen LogP contribution in [-0.4, -0.2) is 17.8 Å². The quantitative estimate of drug-likeness (QED) is 0.627. The van der Waals surface area contributed by atoms with Crippen molar-refractivity contribution in [2.24, 2.45) is 5.92 Å². The van der Waals surface area contributed by atoms with Crippen molar-refractivity contribution >= 4 is 5.84 Å². The first-order chi connectivity index (χ1) is 7.77. The monoisotopic (exact) mass is 220 g/mol. The van der Waals surface area contributed by atoms with Crippen LogP contribution < -0.4 is 0 Å². The standard InChI is InChI=1S/C13H20N2O/c1-15(9-11-7-8-16-10-11)13(14)12-5-3-2-4-6-12/h7-8,10,12,14H,2-6,9H2,1H3. The van der Waals surface area contributed by atoms with Crippen LogP contribution in [-0.2, 0) is 6.54 Å². The summed E-state index contributed by atoms with van der Waals surface area (Å²) >= 11 is 0. The molecule has 0 aliphatic heterocycles. The molecule has 0 atom stereocenters. The van der Waals surface area contributed by atoms with Gasteiger partial charge in [0, 0.05) is 25.1 Å². The van der Waals surface area contributed by atoms with Crippen molar-refractivity contribution in [3.63, 3.8) is 0 Å². The van der Waals surface area contributed by atoms with E-state index >= 15 is 0 Å². The Labute approximate surface area is 96.9 Å². The molecule has 0 radical (unpaired) electrons. The van der Waals surface area contributed by atoms with Crippen LogP contribution in [0, 0.1) is 11.3 Å². The minimum absolute atomic E-state index is 0.477. The second kappa shape index (κ2) is 5.19. The van der Waals surface area contributed by atoms with Crippen molar-refractivity contribution in [2.45, 2.75) is 38.6 Å². The Morgan fingerprint density at radius 3 is 2.81 bits per heavy atom. The molecule has 0 unspecified atom stereocenters. The Morgan fingerprint density at radius 2 is 2.19 bits per heavy atom. The molecule has 3 heteroatoms. The molecule has 0 saturated heterocycles. The van der Waals surface area contributed by atoms with E-state index in [2.05, 4.69) is 0 Å². The fourth-order valence-electron chi connectivity index (χ4n) is 2.43. The van der Waals surface area contributed by atoms with Gasteiger partial charge in [-0.2, -0.15) is 0 Å². The molecule has 1 aromatic rings. The summed E-state index contributed by atoms with van der Waals surface area (Å²) in [7, 11) is 2.00. The lowest BCUT2D eigenvalue weighted by Gasteiger charge is -2.28. The van der Waals surface area contributed by atoms with Crippen molar-refractivity contribution < 1.29 is 4.42 Å². The van der Waals surface area contributed by atoms with Crippen molar-refractivity contribution in [3.05, 3.63) is 24.2 Å². The zero-order valence-electron chi connectivity index (χ0n) is 9.91. The molecule has 0 bridgehead atoms. The Bertz CT molecular complexity index is 326. The minimum Gasteiger partial charge on any atom is -0.472 e. The molecule has 16 heavy (non-hydrogen) atoms. The first-order valence-electron chi connectivity index (χ1n) is 6.08. The second-order valence-corrected chi connectivity index (χ2v) is 4.71. The zero-order chi connectivity index (χ0) is 11.4. The van der Waals surface area contributed by atoms with Gasteiger partial charge in [0.25, 0.3) is 0 Å². The van der Waals surface area contributed by atoms with Gasteiger partial charge in [-0.05, 0) is 18.9 Å². The molecule has 1 N–H and O–H groups in total. The van der Waals surface area contributed by atoms with E-state index in [9.17, 15) is 0 Å². The fraction of sp³-hybridized carbons (Fsp3) is 0.615. The van der Waals surface area contributed by atoms with Crippen LogP contribution in [0.5, 0.6) is 0 Å². The molecule has 1 heterocycles.